The zero-order valence-corrected chi connectivity index (χ0v) is 19.8. The number of anilines is 1. The molecule has 3 heterocycles. The number of nitrogens with zero attached hydrogens (tertiary/aromatic N) is 3. The van der Waals surface area contributed by atoms with Crippen LogP contribution in [0.4, 0.5) is 19.0 Å². The number of alkyl halides is 3. The molecule has 190 valence electrons. The predicted octanol–water partition coefficient (Wildman–Crippen LogP) is 3.06. The normalized spacial score (nSPS) is 13.9. The molecule has 1 aliphatic heterocycles. The van der Waals surface area contributed by atoms with Crippen LogP contribution in [0.3, 0.4) is 0 Å². The topological polar surface area (TPSA) is 139 Å². The quantitative estimate of drug-likeness (QED) is 0.476. The summed E-state index contributed by atoms with van der Waals surface area (Å²) in [4.78, 5) is 19.2. The maximum Gasteiger partial charge on any atom is 0.490 e. The molecule has 0 aliphatic carbocycles. The van der Waals surface area contributed by atoms with Crippen molar-refractivity contribution in [3.05, 3.63) is 54.2 Å². The Balaban J connectivity index is 0.000000454. The molecule has 3 aromatic rings. The molecule has 2 aromatic heterocycles. The van der Waals surface area contributed by atoms with E-state index in [9.17, 15) is 26.9 Å². The number of carboxylic acid groups (broad SMARTS) is 1. The molecule has 0 unspecified atom stereocenters. The maximum atomic E-state index is 11.7. The number of sulfone groups is 1. The summed E-state index contributed by atoms with van der Waals surface area (Å²) in [6.07, 6.45) is -2.18. The molecular weight excluding hydrogens is 499 g/mol. The first kappa shape index (κ1) is 26.7. The molecule has 3 N–H and O–H groups in total. The highest BCUT2D eigenvalue weighted by Crippen LogP contribution is 2.29. The largest absolute Gasteiger partial charge is 0.490 e. The second kappa shape index (κ2) is 10.8. The van der Waals surface area contributed by atoms with Crippen molar-refractivity contribution in [3.8, 4) is 28.6 Å². The average molecular weight is 522 g/mol. The Labute approximate surface area is 205 Å². The molecule has 0 atom stereocenters. The Morgan fingerprint density at radius 1 is 1.11 bits per heavy atom. The van der Waals surface area contributed by atoms with Crippen molar-refractivity contribution in [2.75, 3.05) is 37.3 Å². The summed E-state index contributed by atoms with van der Waals surface area (Å²) in [7, 11) is -3.23. The smallest absolute Gasteiger partial charge is 0.475 e. The molecule has 0 bridgehead atoms. The van der Waals surface area contributed by atoms with Gasteiger partial charge in [0.1, 0.15) is 11.9 Å². The third kappa shape index (κ3) is 6.61. The van der Waals surface area contributed by atoms with Crippen molar-refractivity contribution < 1.29 is 31.5 Å². The molecule has 36 heavy (non-hydrogen) atoms. The number of nitriles is 1. The SMILES string of the molecule is CS(=O)(=O)c1ccc(-c2cc(-c3cc(C#N)c(N4CCNCC4)[nH]3)ccn2)cc1.O=C(O)C(F)(F)F. The van der Waals surface area contributed by atoms with E-state index in [-0.39, 0.29) is 4.90 Å². The number of aromatic amines is 1. The highest BCUT2D eigenvalue weighted by molar-refractivity contribution is 7.90. The Morgan fingerprint density at radius 3 is 2.25 bits per heavy atom. The summed E-state index contributed by atoms with van der Waals surface area (Å²) in [5, 5.41) is 20.0. The van der Waals surface area contributed by atoms with E-state index in [0.29, 0.717) is 5.56 Å². The molecule has 1 saturated heterocycles. The van der Waals surface area contributed by atoms with E-state index in [4.69, 9.17) is 9.90 Å². The van der Waals surface area contributed by atoms with E-state index in [1.165, 1.54) is 6.26 Å². The van der Waals surface area contributed by atoms with Gasteiger partial charge in [-0.15, -0.1) is 0 Å². The molecule has 4 rings (SSSR count). The Kier molecular flexibility index (Phi) is 8.01. The zero-order valence-electron chi connectivity index (χ0n) is 19.0. The van der Waals surface area contributed by atoms with E-state index in [2.05, 4.69) is 26.3 Å². The molecule has 1 aromatic carbocycles. The first-order valence-corrected chi connectivity index (χ1v) is 12.4. The number of benzene rings is 1. The molecule has 9 nitrogen and oxygen atoms in total. The molecule has 1 fully saturated rings. The molecule has 0 saturated carbocycles. The predicted molar refractivity (Wildman–Crippen MR) is 126 cm³/mol. The van der Waals surface area contributed by atoms with Crippen LogP contribution in [-0.4, -0.2) is 68.1 Å². The van der Waals surface area contributed by atoms with Gasteiger partial charge in [0.05, 0.1) is 16.2 Å². The summed E-state index contributed by atoms with van der Waals surface area (Å²) in [5.74, 6) is -1.91. The van der Waals surface area contributed by atoms with Crippen LogP contribution in [0.2, 0.25) is 0 Å². The number of piperazine rings is 1. The first-order valence-electron chi connectivity index (χ1n) is 10.6. The van der Waals surface area contributed by atoms with Gasteiger partial charge in [-0.3, -0.25) is 4.98 Å². The lowest BCUT2D eigenvalue weighted by molar-refractivity contribution is -0.192. The van der Waals surface area contributed by atoms with Gasteiger partial charge >= 0.3 is 12.1 Å². The molecular formula is C23H22F3N5O4S. The number of hydrogen-bond donors (Lipinski definition) is 3. The van der Waals surface area contributed by atoms with Crippen molar-refractivity contribution in [1.29, 1.82) is 5.26 Å². The number of H-pyrrole nitrogens is 1. The van der Waals surface area contributed by atoms with Gasteiger partial charge in [0.25, 0.3) is 0 Å². The van der Waals surface area contributed by atoms with E-state index in [0.717, 1.165) is 54.5 Å². The lowest BCUT2D eigenvalue weighted by Gasteiger charge is -2.28. The number of aliphatic carboxylic acids is 1. The molecule has 0 radical (unpaired) electrons. The standard InChI is InChI=1S/C21H21N5O2S.C2HF3O2/c1-29(27,28)18-4-2-15(3-5-18)19-12-16(6-7-24-19)20-13-17(14-22)21(25-20)26-10-8-23-9-11-26;3-2(4,5)1(6)7/h2-7,12-13,23,25H,8-11H2,1H3;(H,6,7). The minimum absolute atomic E-state index is 0.279. The van der Waals surface area contributed by atoms with Crippen LogP contribution in [0, 0.1) is 11.3 Å². The van der Waals surface area contributed by atoms with Gasteiger partial charge in [-0.2, -0.15) is 18.4 Å². The first-order chi connectivity index (χ1) is 16.9. The van der Waals surface area contributed by atoms with Crippen molar-refractivity contribution in [2.24, 2.45) is 0 Å². The Morgan fingerprint density at radius 2 is 1.72 bits per heavy atom. The Hall–Kier alpha value is -3.89. The number of aromatic nitrogens is 2. The molecule has 0 amide bonds. The van der Waals surface area contributed by atoms with E-state index < -0.39 is 22.0 Å². The fourth-order valence-corrected chi connectivity index (χ4v) is 4.08. The van der Waals surface area contributed by atoms with Gasteiger partial charge in [0.15, 0.2) is 9.84 Å². The summed E-state index contributed by atoms with van der Waals surface area (Å²) < 4.78 is 55.1. The van der Waals surface area contributed by atoms with E-state index in [1.54, 1.807) is 30.5 Å². The number of pyridine rings is 1. The monoisotopic (exact) mass is 521 g/mol. The van der Waals surface area contributed by atoms with Crippen LogP contribution in [0.5, 0.6) is 0 Å². The van der Waals surface area contributed by atoms with E-state index >= 15 is 0 Å². The van der Waals surface area contributed by atoms with Gasteiger partial charge in [0.2, 0.25) is 0 Å². The van der Waals surface area contributed by atoms with Crippen LogP contribution in [-0.2, 0) is 14.6 Å². The van der Waals surface area contributed by atoms with Crippen LogP contribution in [0.15, 0.2) is 53.6 Å². The average Bonchev–Trinajstić information content (AvgIpc) is 3.29. The van der Waals surface area contributed by atoms with Crippen molar-refractivity contribution >= 4 is 21.6 Å². The number of carboxylic acids is 1. The fourth-order valence-electron chi connectivity index (χ4n) is 3.45. The number of rotatable bonds is 4. The highest BCUT2D eigenvalue weighted by Gasteiger charge is 2.38. The van der Waals surface area contributed by atoms with Gasteiger partial charge < -0.3 is 20.3 Å². The summed E-state index contributed by atoms with van der Waals surface area (Å²) in [6.45, 7) is 3.48. The van der Waals surface area contributed by atoms with Gasteiger partial charge in [-0.05, 0) is 30.3 Å². The fraction of sp³-hybridized carbons (Fsp3) is 0.261. The zero-order chi connectivity index (χ0) is 26.5. The molecule has 1 aliphatic rings. The summed E-state index contributed by atoms with van der Waals surface area (Å²) in [6, 6.07) is 14.7. The lowest BCUT2D eigenvalue weighted by atomic mass is 10.1. The van der Waals surface area contributed by atoms with Crippen molar-refractivity contribution in [1.82, 2.24) is 15.3 Å². The molecule has 13 heteroatoms. The minimum atomic E-state index is -5.08. The number of carbonyl (C=O) groups is 1. The Bertz CT molecular complexity index is 1370. The summed E-state index contributed by atoms with van der Waals surface area (Å²) in [5.41, 5.74) is 3.96. The highest BCUT2D eigenvalue weighted by atomic mass is 32.2. The molecule has 0 spiro atoms. The number of hydrogen-bond acceptors (Lipinski definition) is 7. The van der Waals surface area contributed by atoms with Crippen LogP contribution in [0.25, 0.3) is 22.5 Å². The third-order valence-electron chi connectivity index (χ3n) is 5.24. The van der Waals surface area contributed by atoms with Crippen molar-refractivity contribution in [2.45, 2.75) is 11.1 Å². The third-order valence-corrected chi connectivity index (χ3v) is 6.37. The number of nitrogens with one attached hydrogen (secondary N) is 2. The van der Waals surface area contributed by atoms with Gasteiger partial charge in [0, 0.05) is 55.5 Å². The van der Waals surface area contributed by atoms with Gasteiger partial charge in [-0.1, -0.05) is 12.1 Å². The number of halogens is 3. The second-order valence-electron chi connectivity index (χ2n) is 7.82. The van der Waals surface area contributed by atoms with E-state index in [1.807, 2.05) is 18.2 Å². The second-order valence-corrected chi connectivity index (χ2v) is 9.84. The van der Waals surface area contributed by atoms with Gasteiger partial charge in [-0.25, -0.2) is 13.2 Å². The van der Waals surface area contributed by atoms with Crippen LogP contribution < -0.4 is 10.2 Å². The summed E-state index contributed by atoms with van der Waals surface area (Å²) >= 11 is 0. The minimum Gasteiger partial charge on any atom is -0.475 e. The van der Waals surface area contributed by atoms with Crippen LogP contribution in [0.1, 0.15) is 5.56 Å². The van der Waals surface area contributed by atoms with Crippen molar-refractivity contribution in [3.63, 3.8) is 0 Å². The maximum absolute atomic E-state index is 11.7. The van der Waals surface area contributed by atoms with Crippen LogP contribution >= 0.6 is 0 Å². The lowest BCUT2D eigenvalue weighted by Crippen LogP contribution is -2.44.